The summed E-state index contributed by atoms with van der Waals surface area (Å²) in [6.07, 6.45) is 4.17. The Balaban J connectivity index is 1.61. The van der Waals surface area contributed by atoms with Crippen molar-refractivity contribution in [3.05, 3.63) is 52.8 Å². The summed E-state index contributed by atoms with van der Waals surface area (Å²) in [5.74, 6) is -0.118. The smallest absolute Gasteiger partial charge is 0.272 e. The standard InChI is InChI=1S/C18H24N4O/c1-13-5-6-15(14(2)10-13)11-20-18(23)17-7-9-22(21-17)16-4-3-8-19-12-16/h5-7,9-10,16,19H,3-4,8,11-12H2,1-2H3,(H,20,23). The van der Waals surface area contributed by atoms with Gasteiger partial charge in [-0.3, -0.25) is 9.48 Å². The molecular weight excluding hydrogens is 288 g/mol. The highest BCUT2D eigenvalue weighted by Gasteiger charge is 2.17. The van der Waals surface area contributed by atoms with Gasteiger partial charge in [-0.05, 0) is 50.4 Å². The second-order valence-electron chi connectivity index (χ2n) is 6.29. The van der Waals surface area contributed by atoms with Crippen LogP contribution in [-0.2, 0) is 6.54 Å². The number of carbonyl (C=O) groups excluding carboxylic acids is 1. The maximum Gasteiger partial charge on any atom is 0.272 e. The van der Waals surface area contributed by atoms with Gasteiger partial charge < -0.3 is 10.6 Å². The number of benzene rings is 1. The zero-order valence-corrected chi connectivity index (χ0v) is 13.8. The number of piperidine rings is 1. The second-order valence-corrected chi connectivity index (χ2v) is 6.29. The maximum absolute atomic E-state index is 12.3. The van der Waals surface area contributed by atoms with Gasteiger partial charge in [0.1, 0.15) is 5.69 Å². The van der Waals surface area contributed by atoms with Crippen molar-refractivity contribution in [1.82, 2.24) is 20.4 Å². The highest BCUT2D eigenvalue weighted by atomic mass is 16.1. The van der Waals surface area contributed by atoms with Crippen LogP contribution in [0.4, 0.5) is 0 Å². The summed E-state index contributed by atoms with van der Waals surface area (Å²) >= 11 is 0. The van der Waals surface area contributed by atoms with E-state index in [1.54, 1.807) is 6.07 Å². The molecule has 0 aliphatic carbocycles. The van der Waals surface area contributed by atoms with E-state index in [-0.39, 0.29) is 5.91 Å². The van der Waals surface area contributed by atoms with Crippen LogP contribution in [0, 0.1) is 13.8 Å². The van der Waals surface area contributed by atoms with Crippen molar-refractivity contribution in [1.29, 1.82) is 0 Å². The molecule has 0 bridgehead atoms. The number of hydrogen-bond donors (Lipinski definition) is 2. The molecule has 2 N–H and O–H groups in total. The van der Waals surface area contributed by atoms with Crippen LogP contribution in [0.2, 0.25) is 0 Å². The minimum absolute atomic E-state index is 0.118. The van der Waals surface area contributed by atoms with E-state index in [4.69, 9.17) is 0 Å². The lowest BCUT2D eigenvalue weighted by molar-refractivity contribution is 0.0944. The number of aryl methyl sites for hydroxylation is 2. The zero-order valence-electron chi connectivity index (χ0n) is 13.8. The third-order valence-corrected chi connectivity index (χ3v) is 4.42. The number of aromatic nitrogens is 2. The van der Waals surface area contributed by atoms with Gasteiger partial charge in [0, 0.05) is 19.3 Å². The van der Waals surface area contributed by atoms with E-state index in [0.29, 0.717) is 18.3 Å². The Morgan fingerprint density at radius 3 is 3.00 bits per heavy atom. The molecule has 2 heterocycles. The molecule has 1 saturated heterocycles. The minimum Gasteiger partial charge on any atom is -0.347 e. The third kappa shape index (κ3) is 3.79. The maximum atomic E-state index is 12.3. The van der Waals surface area contributed by atoms with Crippen LogP contribution < -0.4 is 10.6 Å². The molecule has 1 fully saturated rings. The molecule has 1 aliphatic heterocycles. The third-order valence-electron chi connectivity index (χ3n) is 4.42. The molecule has 1 aliphatic rings. The highest BCUT2D eigenvalue weighted by Crippen LogP contribution is 2.16. The monoisotopic (exact) mass is 312 g/mol. The molecule has 0 saturated carbocycles. The first-order valence-electron chi connectivity index (χ1n) is 8.23. The van der Waals surface area contributed by atoms with Gasteiger partial charge in [0.2, 0.25) is 0 Å². The van der Waals surface area contributed by atoms with Crippen molar-refractivity contribution < 1.29 is 4.79 Å². The number of hydrogen-bond acceptors (Lipinski definition) is 3. The van der Waals surface area contributed by atoms with Crippen LogP contribution in [0.3, 0.4) is 0 Å². The zero-order chi connectivity index (χ0) is 16.2. The molecule has 0 spiro atoms. The van der Waals surface area contributed by atoms with E-state index in [2.05, 4.69) is 47.8 Å². The summed E-state index contributed by atoms with van der Waals surface area (Å²) in [5, 5.41) is 10.8. The van der Waals surface area contributed by atoms with E-state index in [0.717, 1.165) is 31.5 Å². The highest BCUT2D eigenvalue weighted by molar-refractivity contribution is 5.92. The Labute approximate surface area is 137 Å². The first-order chi connectivity index (χ1) is 11.1. The lowest BCUT2D eigenvalue weighted by Gasteiger charge is -2.22. The van der Waals surface area contributed by atoms with Crippen molar-refractivity contribution >= 4 is 5.91 Å². The van der Waals surface area contributed by atoms with Gasteiger partial charge in [-0.25, -0.2) is 0 Å². The fourth-order valence-electron chi connectivity index (χ4n) is 3.03. The van der Waals surface area contributed by atoms with Crippen LogP contribution >= 0.6 is 0 Å². The van der Waals surface area contributed by atoms with E-state index < -0.39 is 0 Å². The predicted octanol–water partition coefficient (Wildman–Crippen LogP) is 2.35. The number of nitrogens with one attached hydrogen (secondary N) is 2. The summed E-state index contributed by atoms with van der Waals surface area (Å²) in [7, 11) is 0. The van der Waals surface area contributed by atoms with Crippen molar-refractivity contribution in [3.63, 3.8) is 0 Å². The Hall–Kier alpha value is -2.14. The number of nitrogens with zero attached hydrogens (tertiary/aromatic N) is 2. The fraction of sp³-hybridized carbons (Fsp3) is 0.444. The van der Waals surface area contributed by atoms with Crippen LogP contribution in [-0.4, -0.2) is 28.8 Å². The predicted molar refractivity (Wildman–Crippen MR) is 90.5 cm³/mol. The molecule has 3 rings (SSSR count). The molecule has 5 heteroatoms. The van der Waals surface area contributed by atoms with E-state index in [9.17, 15) is 4.79 Å². The summed E-state index contributed by atoms with van der Waals surface area (Å²) < 4.78 is 1.91. The molecule has 5 nitrogen and oxygen atoms in total. The molecule has 1 aromatic carbocycles. The molecule has 1 amide bonds. The summed E-state index contributed by atoms with van der Waals surface area (Å²) in [4.78, 5) is 12.3. The second kappa shape index (κ2) is 6.96. The average Bonchev–Trinajstić information content (AvgIpc) is 3.05. The van der Waals surface area contributed by atoms with Gasteiger partial charge in [0.05, 0.1) is 6.04 Å². The molecule has 122 valence electrons. The Morgan fingerprint density at radius 2 is 2.26 bits per heavy atom. The lowest BCUT2D eigenvalue weighted by Crippen LogP contribution is -2.32. The largest absolute Gasteiger partial charge is 0.347 e. The molecule has 1 unspecified atom stereocenters. The van der Waals surface area contributed by atoms with Gasteiger partial charge in [-0.1, -0.05) is 23.8 Å². The fourth-order valence-corrected chi connectivity index (χ4v) is 3.03. The van der Waals surface area contributed by atoms with E-state index in [1.807, 2.05) is 10.9 Å². The van der Waals surface area contributed by atoms with Crippen LogP contribution in [0.5, 0.6) is 0 Å². The molecule has 0 radical (unpaired) electrons. The summed E-state index contributed by atoms with van der Waals surface area (Å²) in [5.41, 5.74) is 4.06. The summed E-state index contributed by atoms with van der Waals surface area (Å²) in [6.45, 7) is 6.66. The Morgan fingerprint density at radius 1 is 1.39 bits per heavy atom. The molecule has 2 aromatic rings. The quantitative estimate of drug-likeness (QED) is 0.911. The van der Waals surface area contributed by atoms with Gasteiger partial charge in [-0.2, -0.15) is 5.10 Å². The number of rotatable bonds is 4. The van der Waals surface area contributed by atoms with Crippen LogP contribution in [0.1, 0.15) is 46.1 Å². The van der Waals surface area contributed by atoms with Gasteiger partial charge in [0.25, 0.3) is 5.91 Å². The van der Waals surface area contributed by atoms with Gasteiger partial charge >= 0.3 is 0 Å². The first-order valence-corrected chi connectivity index (χ1v) is 8.23. The van der Waals surface area contributed by atoms with Crippen molar-refractivity contribution in [2.75, 3.05) is 13.1 Å². The van der Waals surface area contributed by atoms with Crippen LogP contribution in [0.25, 0.3) is 0 Å². The number of amides is 1. The molecular formula is C18H24N4O. The normalized spacial score (nSPS) is 17.9. The van der Waals surface area contributed by atoms with Crippen LogP contribution in [0.15, 0.2) is 30.5 Å². The summed E-state index contributed by atoms with van der Waals surface area (Å²) in [6, 6.07) is 8.42. The van der Waals surface area contributed by atoms with Crippen molar-refractivity contribution in [2.45, 2.75) is 39.3 Å². The average molecular weight is 312 g/mol. The lowest BCUT2D eigenvalue weighted by atomic mass is 10.1. The Bertz CT molecular complexity index is 686. The molecule has 1 aromatic heterocycles. The molecule has 23 heavy (non-hydrogen) atoms. The number of carbonyl (C=O) groups is 1. The first kappa shape index (κ1) is 15.7. The van der Waals surface area contributed by atoms with Crippen molar-refractivity contribution in [2.24, 2.45) is 0 Å². The SMILES string of the molecule is Cc1ccc(CNC(=O)c2ccn(C3CCCNC3)n2)c(C)c1. The minimum atomic E-state index is -0.118. The van der Waals surface area contributed by atoms with Gasteiger partial charge in [0.15, 0.2) is 0 Å². The topological polar surface area (TPSA) is 59.0 Å². The van der Waals surface area contributed by atoms with E-state index in [1.165, 1.54) is 11.1 Å². The van der Waals surface area contributed by atoms with Crippen molar-refractivity contribution in [3.8, 4) is 0 Å². The Kier molecular flexibility index (Phi) is 4.76. The van der Waals surface area contributed by atoms with E-state index >= 15 is 0 Å². The van der Waals surface area contributed by atoms with Gasteiger partial charge in [-0.15, -0.1) is 0 Å². The molecule has 1 atom stereocenters.